The molecule has 0 radical (unpaired) electrons. The van der Waals surface area contributed by atoms with Gasteiger partial charge in [0.2, 0.25) is 0 Å². The van der Waals surface area contributed by atoms with E-state index in [2.05, 4.69) is 5.32 Å². The number of carboxylic acid groups (broad SMARTS) is 1. The van der Waals surface area contributed by atoms with Crippen molar-refractivity contribution >= 4 is 35.8 Å². The first-order valence-corrected chi connectivity index (χ1v) is 8.74. The molecule has 0 aliphatic carbocycles. The molecule has 8 nitrogen and oxygen atoms in total. The Balaban J connectivity index is 1.73. The van der Waals surface area contributed by atoms with Gasteiger partial charge in [0, 0.05) is 22.6 Å². The lowest BCUT2D eigenvalue weighted by molar-refractivity contribution is -0.147. The Morgan fingerprint density at radius 2 is 2.04 bits per heavy atom. The molecule has 1 fully saturated rings. The van der Waals surface area contributed by atoms with Crippen molar-refractivity contribution in [3.05, 3.63) is 47.2 Å². The fourth-order valence-corrected chi connectivity index (χ4v) is 4.27. The maximum absolute atomic E-state index is 12.3. The molecule has 1 saturated heterocycles. The van der Waals surface area contributed by atoms with Gasteiger partial charge in [-0.15, -0.1) is 11.8 Å². The third kappa shape index (κ3) is 2.99. The third-order valence-electron chi connectivity index (χ3n) is 4.35. The second kappa shape index (κ2) is 6.93. The van der Waals surface area contributed by atoms with Crippen molar-refractivity contribution in [2.75, 3.05) is 0 Å². The fraction of sp³-hybridized carbons (Fsp3) is 0.294. The number of amides is 2. The first kappa shape index (κ1) is 18.2. The van der Waals surface area contributed by atoms with Crippen molar-refractivity contribution < 1.29 is 29.4 Å². The molecule has 0 bridgehead atoms. The Labute approximate surface area is 152 Å². The maximum Gasteiger partial charge on any atom is 0.334 e. The number of aliphatic carboxylic acids is 1. The van der Waals surface area contributed by atoms with Crippen molar-refractivity contribution in [3.63, 3.8) is 0 Å². The SMILES string of the molecule is CC1S[C@@H]2C(NC(=O)C(O)c3ccccc3C=O)C(=O)N2C=C1C(=O)O. The van der Waals surface area contributed by atoms with Crippen LogP contribution in [-0.2, 0) is 14.4 Å². The second-order valence-electron chi connectivity index (χ2n) is 5.94. The predicted molar refractivity (Wildman–Crippen MR) is 92.1 cm³/mol. The number of β-lactam (4-membered cyclic amide) rings is 1. The predicted octanol–water partition coefficient (Wildman–Crippen LogP) is 0.289. The third-order valence-corrected chi connectivity index (χ3v) is 5.79. The standard InChI is InChI=1S/C17H16N2O6S/c1-8-11(17(24)25)6-19-15(23)12(16(19)26-8)18-14(22)13(21)10-5-3-2-4-9(10)7-20/h2-8,12-13,16,21H,1H3,(H,18,22)(H,24,25)/t8?,12?,13?,16-/m1/s1. The summed E-state index contributed by atoms with van der Waals surface area (Å²) < 4.78 is 0. The van der Waals surface area contributed by atoms with Crippen LogP contribution in [0.25, 0.3) is 0 Å². The number of nitrogens with zero attached hydrogens (tertiary/aromatic N) is 1. The number of benzene rings is 1. The summed E-state index contributed by atoms with van der Waals surface area (Å²) in [7, 11) is 0. The number of aldehydes is 1. The molecule has 1 aromatic carbocycles. The highest BCUT2D eigenvalue weighted by Crippen LogP contribution is 2.40. The number of aliphatic hydroxyl groups is 1. The highest BCUT2D eigenvalue weighted by molar-refractivity contribution is 8.00. The van der Waals surface area contributed by atoms with Gasteiger partial charge in [-0.3, -0.25) is 14.4 Å². The van der Waals surface area contributed by atoms with E-state index in [9.17, 15) is 24.3 Å². The number of hydrogen-bond acceptors (Lipinski definition) is 6. The molecule has 3 rings (SSSR count). The highest BCUT2D eigenvalue weighted by atomic mass is 32.2. The van der Waals surface area contributed by atoms with E-state index in [1.165, 1.54) is 35.0 Å². The molecule has 0 aromatic heterocycles. The van der Waals surface area contributed by atoms with Gasteiger partial charge in [-0.1, -0.05) is 24.3 Å². The minimum atomic E-state index is -1.59. The molecule has 2 aliphatic heterocycles. The summed E-state index contributed by atoms with van der Waals surface area (Å²) in [6.45, 7) is 1.71. The highest BCUT2D eigenvalue weighted by Gasteiger charge is 2.51. The number of carboxylic acids is 1. The van der Waals surface area contributed by atoms with Crippen molar-refractivity contribution in [3.8, 4) is 0 Å². The average molecular weight is 376 g/mol. The van der Waals surface area contributed by atoms with Crippen LogP contribution in [0.2, 0.25) is 0 Å². The van der Waals surface area contributed by atoms with Crippen LogP contribution < -0.4 is 5.32 Å². The number of hydrogen-bond donors (Lipinski definition) is 3. The van der Waals surface area contributed by atoms with E-state index in [1.807, 2.05) is 0 Å². The molecule has 9 heteroatoms. The van der Waals surface area contributed by atoms with Gasteiger partial charge in [-0.05, 0) is 6.92 Å². The Hall–Kier alpha value is -2.65. The van der Waals surface area contributed by atoms with E-state index in [0.29, 0.717) is 6.29 Å². The second-order valence-corrected chi connectivity index (χ2v) is 7.40. The molecule has 1 aromatic rings. The van der Waals surface area contributed by atoms with Gasteiger partial charge in [-0.25, -0.2) is 4.79 Å². The van der Waals surface area contributed by atoms with E-state index < -0.39 is 35.3 Å². The van der Waals surface area contributed by atoms with Crippen LogP contribution in [0, 0.1) is 0 Å². The summed E-state index contributed by atoms with van der Waals surface area (Å²) in [5.41, 5.74) is 0.456. The lowest BCUT2D eigenvalue weighted by Gasteiger charge is -2.48. The van der Waals surface area contributed by atoms with Crippen molar-refractivity contribution in [2.45, 2.75) is 29.7 Å². The molecular formula is C17H16N2O6S. The van der Waals surface area contributed by atoms with E-state index in [-0.39, 0.29) is 21.9 Å². The minimum Gasteiger partial charge on any atom is -0.478 e. The summed E-state index contributed by atoms with van der Waals surface area (Å²) in [5, 5.41) is 21.1. The summed E-state index contributed by atoms with van der Waals surface area (Å²) in [4.78, 5) is 48.0. The van der Waals surface area contributed by atoms with Gasteiger partial charge in [0.25, 0.3) is 11.8 Å². The first-order chi connectivity index (χ1) is 12.3. The van der Waals surface area contributed by atoms with Crippen LogP contribution in [0.3, 0.4) is 0 Å². The summed E-state index contributed by atoms with van der Waals surface area (Å²) >= 11 is 1.25. The number of rotatable bonds is 5. The number of carbonyl (C=O) groups is 4. The van der Waals surface area contributed by atoms with Gasteiger partial charge in [-0.2, -0.15) is 0 Å². The molecule has 4 atom stereocenters. The van der Waals surface area contributed by atoms with Gasteiger partial charge >= 0.3 is 5.97 Å². The van der Waals surface area contributed by atoms with E-state index in [4.69, 9.17) is 5.11 Å². The van der Waals surface area contributed by atoms with E-state index >= 15 is 0 Å². The van der Waals surface area contributed by atoms with Crippen LogP contribution in [0.5, 0.6) is 0 Å². The minimum absolute atomic E-state index is 0.115. The number of fused-ring (bicyclic) bond motifs is 1. The lowest BCUT2D eigenvalue weighted by atomic mass is 10.0. The van der Waals surface area contributed by atoms with Crippen LogP contribution in [-0.4, -0.2) is 55.8 Å². The van der Waals surface area contributed by atoms with Crippen LogP contribution >= 0.6 is 11.8 Å². The van der Waals surface area contributed by atoms with Crippen LogP contribution in [0.15, 0.2) is 36.0 Å². The molecule has 3 unspecified atom stereocenters. The first-order valence-electron chi connectivity index (χ1n) is 7.80. The number of thioether (sulfide) groups is 1. The smallest absolute Gasteiger partial charge is 0.334 e. The van der Waals surface area contributed by atoms with Crippen molar-refractivity contribution in [1.29, 1.82) is 0 Å². The summed E-state index contributed by atoms with van der Waals surface area (Å²) in [5.74, 6) is -2.33. The Morgan fingerprint density at radius 1 is 1.35 bits per heavy atom. The molecule has 3 N–H and O–H groups in total. The zero-order chi connectivity index (χ0) is 19.0. The lowest BCUT2D eigenvalue weighted by Crippen LogP contribution is -2.69. The zero-order valence-electron chi connectivity index (χ0n) is 13.7. The van der Waals surface area contributed by atoms with E-state index in [1.54, 1.807) is 19.1 Å². The number of aliphatic hydroxyl groups excluding tert-OH is 1. The normalized spacial score (nSPS) is 25.5. The number of nitrogens with one attached hydrogen (secondary N) is 1. The van der Waals surface area contributed by atoms with Gasteiger partial charge in [0.15, 0.2) is 6.10 Å². The molecule has 26 heavy (non-hydrogen) atoms. The zero-order valence-corrected chi connectivity index (χ0v) is 14.5. The Kier molecular flexibility index (Phi) is 4.84. The monoisotopic (exact) mass is 376 g/mol. The summed E-state index contributed by atoms with van der Waals surface area (Å²) in [6, 6.07) is 5.28. The largest absolute Gasteiger partial charge is 0.478 e. The molecule has 136 valence electrons. The van der Waals surface area contributed by atoms with Gasteiger partial charge in [0.1, 0.15) is 17.7 Å². The average Bonchev–Trinajstić information content (AvgIpc) is 2.64. The molecule has 2 heterocycles. The molecule has 0 spiro atoms. The summed E-state index contributed by atoms with van der Waals surface area (Å²) in [6.07, 6.45) is 0.241. The molecule has 0 saturated carbocycles. The molecular weight excluding hydrogens is 360 g/mol. The molecule has 2 amide bonds. The fourth-order valence-electron chi connectivity index (χ4n) is 2.91. The molecule has 2 aliphatic rings. The van der Waals surface area contributed by atoms with Crippen LogP contribution in [0.4, 0.5) is 0 Å². The van der Waals surface area contributed by atoms with E-state index in [0.717, 1.165) is 0 Å². The van der Waals surface area contributed by atoms with Gasteiger partial charge < -0.3 is 20.4 Å². The maximum atomic E-state index is 12.3. The topological polar surface area (TPSA) is 124 Å². The Bertz CT molecular complexity index is 823. The number of carbonyl (C=O) groups excluding carboxylic acids is 3. The van der Waals surface area contributed by atoms with Gasteiger partial charge in [0.05, 0.1) is 5.57 Å². The quantitative estimate of drug-likeness (QED) is 0.498. The van der Waals surface area contributed by atoms with Crippen LogP contribution in [0.1, 0.15) is 28.9 Å². The van der Waals surface area contributed by atoms with Crippen molar-refractivity contribution in [2.24, 2.45) is 0 Å². The Morgan fingerprint density at radius 3 is 2.69 bits per heavy atom. The van der Waals surface area contributed by atoms with Crippen molar-refractivity contribution in [1.82, 2.24) is 10.2 Å².